The highest BCUT2D eigenvalue weighted by Crippen LogP contribution is 2.29. The number of carbonyl (C=O) groups is 1. The van der Waals surface area contributed by atoms with E-state index in [1.165, 1.54) is 12.4 Å². The quantitative estimate of drug-likeness (QED) is 0.476. The van der Waals surface area contributed by atoms with Gasteiger partial charge in [0.05, 0.1) is 36.4 Å². The number of sulfonamides is 1. The van der Waals surface area contributed by atoms with Crippen LogP contribution in [0.2, 0.25) is 0 Å². The summed E-state index contributed by atoms with van der Waals surface area (Å²) in [5, 5.41) is 0.334. The minimum Gasteiger partial charge on any atom is -0.489 e. The number of rotatable bonds is 8. The van der Waals surface area contributed by atoms with Gasteiger partial charge in [0, 0.05) is 30.0 Å². The zero-order valence-corrected chi connectivity index (χ0v) is 18.7. The molecule has 0 radical (unpaired) electrons. The summed E-state index contributed by atoms with van der Waals surface area (Å²) in [6.45, 7) is 2.83. The van der Waals surface area contributed by atoms with Crippen LogP contribution in [0.1, 0.15) is 42.1 Å². The Morgan fingerprint density at radius 1 is 1.30 bits per heavy atom. The van der Waals surface area contributed by atoms with Gasteiger partial charge in [0.2, 0.25) is 15.8 Å². The number of benzene rings is 1. The largest absolute Gasteiger partial charge is 0.489 e. The summed E-state index contributed by atoms with van der Waals surface area (Å²) in [5.74, 6) is -3.15. The van der Waals surface area contributed by atoms with E-state index < -0.39 is 38.7 Å². The molecule has 2 aromatic heterocycles. The van der Waals surface area contributed by atoms with Gasteiger partial charge in [-0.25, -0.2) is 22.2 Å². The Bertz CT molecular complexity index is 1290. The van der Waals surface area contributed by atoms with Gasteiger partial charge in [0.1, 0.15) is 23.3 Å². The van der Waals surface area contributed by atoms with Gasteiger partial charge in [-0.15, -0.1) is 0 Å². The van der Waals surface area contributed by atoms with E-state index in [-0.39, 0.29) is 17.4 Å². The van der Waals surface area contributed by atoms with Crippen molar-refractivity contribution in [3.05, 3.63) is 53.4 Å². The van der Waals surface area contributed by atoms with Crippen LogP contribution >= 0.6 is 0 Å². The monoisotopic (exact) mass is 479 g/mol. The number of nitrogens with one attached hydrogen (secondary N) is 2. The molecule has 0 amide bonds. The number of anilines is 1. The van der Waals surface area contributed by atoms with Crippen LogP contribution < -0.4 is 9.46 Å². The fourth-order valence-corrected chi connectivity index (χ4v) is 4.82. The maximum atomic E-state index is 15.1. The van der Waals surface area contributed by atoms with Gasteiger partial charge in [-0.1, -0.05) is 6.92 Å². The third-order valence-electron chi connectivity index (χ3n) is 5.28. The van der Waals surface area contributed by atoms with Crippen molar-refractivity contribution >= 4 is 32.5 Å². The number of nitrogens with zero attached hydrogens (tertiary/aromatic N) is 1. The molecular weight excluding hydrogens is 456 g/mol. The van der Waals surface area contributed by atoms with E-state index in [9.17, 15) is 17.6 Å². The minimum absolute atomic E-state index is 0.0127. The molecule has 11 heteroatoms. The predicted octanol–water partition coefficient (Wildman–Crippen LogP) is 3.78. The number of halogens is 2. The van der Waals surface area contributed by atoms with Crippen molar-refractivity contribution in [3.63, 3.8) is 0 Å². The molecule has 33 heavy (non-hydrogen) atoms. The Balaban J connectivity index is 1.68. The first-order chi connectivity index (χ1) is 15.8. The zero-order valence-electron chi connectivity index (χ0n) is 17.9. The van der Waals surface area contributed by atoms with E-state index in [4.69, 9.17) is 9.47 Å². The summed E-state index contributed by atoms with van der Waals surface area (Å²) < 4.78 is 67.0. The van der Waals surface area contributed by atoms with Crippen molar-refractivity contribution in [3.8, 4) is 5.75 Å². The maximum Gasteiger partial charge on any atom is 0.232 e. The highest BCUT2D eigenvalue weighted by Gasteiger charge is 2.26. The first-order valence-corrected chi connectivity index (χ1v) is 12.2. The third kappa shape index (κ3) is 4.98. The SMILES string of the molecule is CCCS(=O)(=O)Nc1ccc(F)c(C(=O)c2c[nH]c3ncc(OC4CCOCC4)cc23)c1F. The summed E-state index contributed by atoms with van der Waals surface area (Å²) in [6, 6.07) is 3.39. The van der Waals surface area contributed by atoms with E-state index in [2.05, 4.69) is 14.7 Å². The molecule has 2 N–H and O–H groups in total. The lowest BCUT2D eigenvalue weighted by molar-refractivity contribution is 0.0255. The van der Waals surface area contributed by atoms with Gasteiger partial charge in [0.15, 0.2) is 5.82 Å². The average Bonchev–Trinajstić information content (AvgIpc) is 3.20. The van der Waals surface area contributed by atoms with Crippen molar-refractivity contribution in [1.29, 1.82) is 0 Å². The molecule has 8 nitrogen and oxygen atoms in total. The molecule has 1 aliphatic heterocycles. The van der Waals surface area contributed by atoms with E-state index >= 15 is 4.39 Å². The molecule has 0 saturated carbocycles. The van der Waals surface area contributed by atoms with Crippen molar-refractivity contribution in [2.24, 2.45) is 0 Å². The number of fused-ring (bicyclic) bond motifs is 1. The van der Waals surface area contributed by atoms with Crippen LogP contribution in [-0.2, 0) is 14.8 Å². The standard InChI is InChI=1S/C22H23F2N3O5S/c1-2-9-33(29,30)27-18-4-3-17(23)19(20(18)24)21(28)16-12-26-22-15(16)10-14(11-25-22)32-13-5-7-31-8-6-13/h3-4,10-13,27H,2,5-9H2,1H3,(H,25,26). The van der Waals surface area contributed by atoms with Gasteiger partial charge >= 0.3 is 0 Å². The molecule has 3 aromatic rings. The van der Waals surface area contributed by atoms with E-state index in [1.54, 1.807) is 13.0 Å². The molecule has 0 atom stereocenters. The number of H-pyrrole nitrogens is 1. The molecule has 0 spiro atoms. The van der Waals surface area contributed by atoms with Crippen LogP contribution in [0.25, 0.3) is 11.0 Å². The zero-order chi connectivity index (χ0) is 23.6. The fraction of sp³-hybridized carbons (Fsp3) is 0.364. The number of ether oxygens (including phenoxy) is 2. The van der Waals surface area contributed by atoms with Crippen molar-refractivity contribution < 1.29 is 31.5 Å². The smallest absolute Gasteiger partial charge is 0.232 e. The molecule has 176 valence electrons. The highest BCUT2D eigenvalue weighted by atomic mass is 32.2. The van der Waals surface area contributed by atoms with E-state index in [0.717, 1.165) is 12.1 Å². The van der Waals surface area contributed by atoms with Gasteiger partial charge in [-0.2, -0.15) is 0 Å². The topological polar surface area (TPSA) is 110 Å². The third-order valence-corrected chi connectivity index (χ3v) is 6.75. The Labute approximate surface area is 189 Å². The second-order valence-corrected chi connectivity index (χ2v) is 9.57. The Morgan fingerprint density at radius 2 is 2.06 bits per heavy atom. The molecule has 3 heterocycles. The first kappa shape index (κ1) is 23.1. The van der Waals surface area contributed by atoms with Gasteiger partial charge in [0.25, 0.3) is 0 Å². The number of ketones is 1. The Kier molecular flexibility index (Phi) is 6.61. The molecular formula is C22H23F2N3O5S. The predicted molar refractivity (Wildman–Crippen MR) is 118 cm³/mol. The number of carbonyl (C=O) groups excluding carboxylic acids is 1. The number of aromatic nitrogens is 2. The summed E-state index contributed by atoms with van der Waals surface area (Å²) in [5.41, 5.74) is -1.02. The molecule has 1 saturated heterocycles. The van der Waals surface area contributed by atoms with Crippen LogP contribution in [0.5, 0.6) is 5.75 Å². The normalized spacial score (nSPS) is 15.0. The first-order valence-electron chi connectivity index (χ1n) is 10.5. The van der Waals surface area contributed by atoms with Crippen LogP contribution in [-0.4, -0.2) is 49.2 Å². The lowest BCUT2D eigenvalue weighted by Gasteiger charge is -2.23. The summed E-state index contributed by atoms with van der Waals surface area (Å²) >= 11 is 0. The number of aromatic amines is 1. The maximum absolute atomic E-state index is 15.1. The van der Waals surface area contributed by atoms with E-state index in [1.807, 2.05) is 0 Å². The molecule has 0 aliphatic carbocycles. The fourth-order valence-electron chi connectivity index (χ4n) is 3.68. The number of pyridine rings is 1. The van der Waals surface area contributed by atoms with Crippen molar-refractivity contribution in [2.75, 3.05) is 23.7 Å². The lowest BCUT2D eigenvalue weighted by atomic mass is 10.0. The van der Waals surface area contributed by atoms with Crippen LogP contribution in [0, 0.1) is 11.6 Å². The summed E-state index contributed by atoms with van der Waals surface area (Å²) in [6.07, 6.45) is 4.50. The minimum atomic E-state index is -3.84. The second kappa shape index (κ2) is 9.44. The second-order valence-electron chi connectivity index (χ2n) is 7.73. The van der Waals surface area contributed by atoms with Crippen LogP contribution in [0.3, 0.4) is 0 Å². The van der Waals surface area contributed by atoms with E-state index in [0.29, 0.717) is 49.3 Å². The number of hydrogen-bond acceptors (Lipinski definition) is 6. The molecule has 1 aliphatic rings. The van der Waals surface area contributed by atoms with Gasteiger partial charge in [-0.05, 0) is 24.6 Å². The highest BCUT2D eigenvalue weighted by molar-refractivity contribution is 7.92. The Hall–Kier alpha value is -3.05. The van der Waals surface area contributed by atoms with Crippen molar-refractivity contribution in [2.45, 2.75) is 32.3 Å². The Morgan fingerprint density at radius 3 is 2.79 bits per heavy atom. The van der Waals surface area contributed by atoms with Crippen LogP contribution in [0.4, 0.5) is 14.5 Å². The molecule has 0 unspecified atom stereocenters. The molecule has 1 fully saturated rings. The average molecular weight is 480 g/mol. The number of hydrogen-bond donors (Lipinski definition) is 2. The van der Waals surface area contributed by atoms with Crippen LogP contribution in [0.15, 0.2) is 30.6 Å². The molecule has 0 bridgehead atoms. The van der Waals surface area contributed by atoms with Gasteiger partial charge < -0.3 is 14.5 Å². The summed E-state index contributed by atoms with van der Waals surface area (Å²) in [7, 11) is -3.84. The van der Waals surface area contributed by atoms with Crippen molar-refractivity contribution in [1.82, 2.24) is 9.97 Å². The van der Waals surface area contributed by atoms with Gasteiger partial charge in [-0.3, -0.25) is 9.52 Å². The lowest BCUT2D eigenvalue weighted by Crippen LogP contribution is -2.25. The summed E-state index contributed by atoms with van der Waals surface area (Å²) in [4.78, 5) is 20.2. The molecule has 1 aromatic carbocycles. The molecule has 4 rings (SSSR count).